The van der Waals surface area contributed by atoms with Crippen LogP contribution in [0.3, 0.4) is 0 Å². The van der Waals surface area contributed by atoms with E-state index >= 15 is 0 Å². The van der Waals surface area contributed by atoms with E-state index in [1.54, 1.807) is 18.2 Å². The first-order valence-electron chi connectivity index (χ1n) is 11.8. The van der Waals surface area contributed by atoms with Crippen LogP contribution >= 0.6 is 0 Å². The summed E-state index contributed by atoms with van der Waals surface area (Å²) in [6.45, 7) is 1.27. The van der Waals surface area contributed by atoms with Crippen LogP contribution in [0.15, 0.2) is 66.7 Å². The molecule has 3 amide bonds. The molecule has 12 heteroatoms. The van der Waals surface area contributed by atoms with Crippen molar-refractivity contribution in [3.8, 4) is 17.2 Å². The maximum atomic E-state index is 13.7. The van der Waals surface area contributed by atoms with Gasteiger partial charge in [0, 0.05) is 31.2 Å². The number of non-ortho nitro benzene ring substituents is 1. The number of carbonyl (C=O) groups excluding carboxylic acids is 4. The number of nitrogens with zero attached hydrogens (tertiary/aromatic N) is 3. The highest BCUT2D eigenvalue weighted by atomic mass is 16.7. The molecule has 2 aliphatic rings. The van der Waals surface area contributed by atoms with Gasteiger partial charge in [0.2, 0.25) is 12.7 Å². The lowest BCUT2D eigenvalue weighted by molar-refractivity contribution is -0.384. The molecule has 1 atom stereocenters. The van der Waals surface area contributed by atoms with E-state index in [1.165, 1.54) is 60.4 Å². The third kappa shape index (κ3) is 5.12. The molecular weight excluding hydrogens is 510 g/mol. The highest BCUT2D eigenvalue weighted by Gasteiger charge is 2.44. The van der Waals surface area contributed by atoms with Gasteiger partial charge in [-0.1, -0.05) is 6.07 Å². The summed E-state index contributed by atoms with van der Waals surface area (Å²) in [4.78, 5) is 64.2. The number of nitro groups is 1. The average Bonchev–Trinajstić information content (AvgIpc) is 3.50. The van der Waals surface area contributed by atoms with Crippen molar-refractivity contribution in [3.63, 3.8) is 0 Å². The lowest BCUT2D eigenvalue weighted by atomic mass is 10.1. The second kappa shape index (κ2) is 10.2. The molecule has 0 aliphatic carbocycles. The monoisotopic (exact) mass is 531 g/mol. The van der Waals surface area contributed by atoms with E-state index < -0.39 is 34.7 Å². The fraction of sp³-hybridized carbons (Fsp3) is 0.185. The van der Waals surface area contributed by atoms with Gasteiger partial charge in [-0.2, -0.15) is 0 Å². The minimum Gasteiger partial charge on any atom is -0.454 e. The summed E-state index contributed by atoms with van der Waals surface area (Å²) in [5, 5.41) is 11.1. The van der Waals surface area contributed by atoms with Gasteiger partial charge >= 0.3 is 5.97 Å². The Labute approximate surface area is 221 Å². The lowest BCUT2D eigenvalue weighted by Crippen LogP contribution is -2.45. The molecule has 198 valence electrons. The first kappa shape index (κ1) is 25.4. The highest BCUT2D eigenvalue weighted by Crippen LogP contribution is 2.34. The molecule has 0 aromatic heterocycles. The average molecular weight is 531 g/mol. The first-order valence-corrected chi connectivity index (χ1v) is 11.8. The van der Waals surface area contributed by atoms with E-state index in [-0.39, 0.29) is 42.4 Å². The standard InChI is InChI=1S/C27H21N3O9/c1-16(31)39-21-9-7-19(8-10-21)29-25(32)13-22(27(29)34)28(14-17-2-11-23-24(12-17)38-15-37-23)26(33)18-3-5-20(6-4-18)30(35)36/h2-12,22H,13-15H2,1H3. The number of nitro benzene ring substituents is 1. The zero-order valence-electron chi connectivity index (χ0n) is 20.6. The van der Waals surface area contributed by atoms with Crippen molar-refractivity contribution in [2.75, 3.05) is 11.7 Å². The van der Waals surface area contributed by atoms with Gasteiger partial charge in [0.15, 0.2) is 11.5 Å². The predicted octanol–water partition coefficient (Wildman–Crippen LogP) is 3.22. The molecule has 2 aliphatic heterocycles. The Morgan fingerprint density at radius 2 is 1.72 bits per heavy atom. The van der Waals surface area contributed by atoms with Crippen molar-refractivity contribution < 1.29 is 38.3 Å². The number of anilines is 1. The summed E-state index contributed by atoms with van der Waals surface area (Å²) in [6.07, 6.45) is -0.270. The lowest BCUT2D eigenvalue weighted by Gasteiger charge is -2.28. The summed E-state index contributed by atoms with van der Waals surface area (Å²) in [7, 11) is 0. The summed E-state index contributed by atoms with van der Waals surface area (Å²) >= 11 is 0. The molecular formula is C27H21N3O9. The third-order valence-corrected chi connectivity index (χ3v) is 6.23. The molecule has 2 heterocycles. The number of carbonyl (C=O) groups is 4. The highest BCUT2D eigenvalue weighted by molar-refractivity contribution is 6.23. The van der Waals surface area contributed by atoms with Gasteiger partial charge in [-0.3, -0.25) is 29.3 Å². The van der Waals surface area contributed by atoms with Crippen LogP contribution in [-0.4, -0.2) is 46.3 Å². The van der Waals surface area contributed by atoms with Crippen LogP contribution in [0.1, 0.15) is 29.3 Å². The Morgan fingerprint density at radius 1 is 1.03 bits per heavy atom. The fourth-order valence-corrected chi connectivity index (χ4v) is 4.41. The number of benzene rings is 3. The second-order valence-electron chi connectivity index (χ2n) is 8.80. The van der Waals surface area contributed by atoms with Gasteiger partial charge in [0.25, 0.3) is 17.5 Å². The SMILES string of the molecule is CC(=O)Oc1ccc(N2C(=O)CC(N(Cc3ccc4c(c3)OCO4)C(=O)c3ccc([N+](=O)[O-])cc3)C2=O)cc1. The normalized spacial score (nSPS) is 15.8. The molecule has 1 fully saturated rings. The van der Waals surface area contributed by atoms with Crippen LogP contribution in [0.5, 0.6) is 17.2 Å². The van der Waals surface area contributed by atoms with Crippen molar-refractivity contribution in [2.24, 2.45) is 0 Å². The van der Waals surface area contributed by atoms with Crippen LogP contribution in [-0.2, 0) is 20.9 Å². The zero-order chi connectivity index (χ0) is 27.7. The van der Waals surface area contributed by atoms with Crippen LogP contribution < -0.4 is 19.1 Å². The Balaban J connectivity index is 1.46. The molecule has 39 heavy (non-hydrogen) atoms. The van der Waals surface area contributed by atoms with E-state index in [2.05, 4.69) is 0 Å². The van der Waals surface area contributed by atoms with Crippen molar-refractivity contribution >= 4 is 35.1 Å². The topological polar surface area (TPSA) is 146 Å². The predicted molar refractivity (Wildman–Crippen MR) is 134 cm³/mol. The molecule has 0 bridgehead atoms. The minimum atomic E-state index is -1.14. The van der Waals surface area contributed by atoms with Gasteiger partial charge < -0.3 is 19.1 Å². The molecule has 0 N–H and O–H groups in total. The molecule has 1 unspecified atom stereocenters. The minimum absolute atomic E-state index is 0.0463. The summed E-state index contributed by atoms with van der Waals surface area (Å²) in [5.74, 6) is -0.949. The Bertz CT molecular complexity index is 1490. The van der Waals surface area contributed by atoms with Crippen molar-refractivity contribution in [1.29, 1.82) is 0 Å². The molecule has 3 aromatic carbocycles. The molecule has 0 spiro atoms. The Hall–Kier alpha value is -5.26. The molecule has 0 radical (unpaired) electrons. The number of fused-ring (bicyclic) bond motifs is 1. The molecule has 1 saturated heterocycles. The number of amides is 3. The van der Waals surface area contributed by atoms with Crippen molar-refractivity contribution in [3.05, 3.63) is 88.0 Å². The molecule has 3 aromatic rings. The number of rotatable bonds is 7. The van der Waals surface area contributed by atoms with E-state index in [0.717, 1.165) is 4.90 Å². The van der Waals surface area contributed by atoms with Gasteiger partial charge in [-0.25, -0.2) is 4.90 Å². The van der Waals surface area contributed by atoms with Crippen LogP contribution in [0.25, 0.3) is 0 Å². The number of imide groups is 1. The van der Waals surface area contributed by atoms with Gasteiger partial charge in [-0.15, -0.1) is 0 Å². The summed E-state index contributed by atoms with van der Waals surface area (Å²) in [5.41, 5.74) is 0.809. The molecule has 0 saturated carbocycles. The number of hydrogen-bond donors (Lipinski definition) is 0. The fourth-order valence-electron chi connectivity index (χ4n) is 4.41. The number of hydrogen-bond acceptors (Lipinski definition) is 9. The van der Waals surface area contributed by atoms with E-state index in [1.807, 2.05) is 0 Å². The van der Waals surface area contributed by atoms with Crippen molar-refractivity contribution in [2.45, 2.75) is 25.9 Å². The van der Waals surface area contributed by atoms with E-state index in [0.29, 0.717) is 17.1 Å². The van der Waals surface area contributed by atoms with Gasteiger partial charge in [0.05, 0.1) is 17.0 Å². The quantitative estimate of drug-likeness (QED) is 0.147. The smallest absolute Gasteiger partial charge is 0.308 e. The number of esters is 1. The van der Waals surface area contributed by atoms with Crippen LogP contribution in [0, 0.1) is 10.1 Å². The number of ether oxygens (including phenoxy) is 3. The summed E-state index contributed by atoms with van der Waals surface area (Å²) in [6, 6.07) is 14.8. The second-order valence-corrected chi connectivity index (χ2v) is 8.80. The largest absolute Gasteiger partial charge is 0.454 e. The zero-order valence-corrected chi connectivity index (χ0v) is 20.6. The molecule has 12 nitrogen and oxygen atoms in total. The first-order chi connectivity index (χ1) is 18.7. The molecule has 5 rings (SSSR count). The Kier molecular flexibility index (Phi) is 6.67. The maximum absolute atomic E-state index is 13.7. The third-order valence-electron chi connectivity index (χ3n) is 6.23. The maximum Gasteiger partial charge on any atom is 0.308 e. The van der Waals surface area contributed by atoms with E-state index in [9.17, 15) is 29.3 Å². The van der Waals surface area contributed by atoms with Crippen LogP contribution in [0.4, 0.5) is 11.4 Å². The summed E-state index contributed by atoms with van der Waals surface area (Å²) < 4.78 is 15.8. The van der Waals surface area contributed by atoms with Gasteiger partial charge in [-0.05, 0) is 54.1 Å². The van der Waals surface area contributed by atoms with Crippen LogP contribution in [0.2, 0.25) is 0 Å². The van der Waals surface area contributed by atoms with E-state index in [4.69, 9.17) is 14.2 Å². The van der Waals surface area contributed by atoms with Gasteiger partial charge in [0.1, 0.15) is 11.8 Å². The van der Waals surface area contributed by atoms with Crippen molar-refractivity contribution in [1.82, 2.24) is 4.90 Å². The Morgan fingerprint density at radius 3 is 2.38 bits per heavy atom.